The summed E-state index contributed by atoms with van der Waals surface area (Å²) in [5.74, 6) is 0.930. The zero-order chi connectivity index (χ0) is 11.7. The summed E-state index contributed by atoms with van der Waals surface area (Å²) in [6.45, 7) is 3.90. The van der Waals surface area contributed by atoms with Gasteiger partial charge in [-0.2, -0.15) is 0 Å². The molecule has 0 aliphatic carbocycles. The molecule has 1 aromatic rings. The highest BCUT2D eigenvalue weighted by Gasteiger charge is 2.43. The van der Waals surface area contributed by atoms with Gasteiger partial charge in [0.25, 0.3) is 0 Å². The van der Waals surface area contributed by atoms with Crippen LogP contribution in [-0.2, 0) is 11.3 Å². The lowest BCUT2D eigenvalue weighted by Gasteiger charge is -2.19. The second-order valence-electron chi connectivity index (χ2n) is 4.89. The number of hydrogen-bond donors (Lipinski definition) is 1. The first-order chi connectivity index (χ1) is 8.38. The van der Waals surface area contributed by atoms with E-state index < -0.39 is 0 Å². The van der Waals surface area contributed by atoms with Crippen molar-refractivity contribution in [3.63, 3.8) is 0 Å². The maximum Gasteiger partial charge on any atom is 0.165 e. The summed E-state index contributed by atoms with van der Waals surface area (Å²) < 4.78 is 7.82. The molecule has 0 aromatic carbocycles. The summed E-state index contributed by atoms with van der Waals surface area (Å²) in [4.78, 5) is 0. The van der Waals surface area contributed by atoms with Crippen LogP contribution in [0.2, 0.25) is 0 Å². The largest absolute Gasteiger partial charge is 0.373 e. The fourth-order valence-corrected chi connectivity index (χ4v) is 2.83. The molecule has 94 valence electrons. The monoisotopic (exact) mass is 237 g/mol. The molecule has 2 fully saturated rings. The van der Waals surface area contributed by atoms with E-state index in [9.17, 15) is 0 Å². The fourth-order valence-electron chi connectivity index (χ4n) is 2.83. The van der Waals surface area contributed by atoms with Crippen LogP contribution in [0.5, 0.6) is 0 Å². The van der Waals surface area contributed by atoms with Gasteiger partial charge in [-0.25, -0.2) is 4.68 Å². The van der Waals surface area contributed by atoms with Gasteiger partial charge in [0.15, 0.2) is 5.82 Å². The summed E-state index contributed by atoms with van der Waals surface area (Å²) in [6.07, 6.45) is 5.30. The Labute approximate surface area is 101 Å². The van der Waals surface area contributed by atoms with E-state index in [0.717, 1.165) is 38.2 Å². The topological polar surface area (TPSA) is 64.9 Å². The van der Waals surface area contributed by atoms with Crippen molar-refractivity contribution in [2.24, 2.45) is 0 Å². The first-order valence-electron chi connectivity index (χ1n) is 6.51. The van der Waals surface area contributed by atoms with Crippen molar-refractivity contribution in [3.05, 3.63) is 5.82 Å². The molecule has 2 saturated heterocycles. The third-order valence-electron chi connectivity index (χ3n) is 3.66. The van der Waals surface area contributed by atoms with Crippen molar-refractivity contribution in [1.82, 2.24) is 25.5 Å². The summed E-state index contributed by atoms with van der Waals surface area (Å²) in [5, 5.41) is 15.4. The number of nitrogens with zero attached hydrogens (tertiary/aromatic N) is 4. The minimum absolute atomic E-state index is 0.327. The Balaban J connectivity index is 1.68. The Bertz CT molecular complexity index is 380. The molecule has 3 rings (SSSR count). The van der Waals surface area contributed by atoms with Gasteiger partial charge in [0.2, 0.25) is 0 Å². The predicted octanol–water partition coefficient (Wildman–Crippen LogP) is 0.665. The number of rotatable bonds is 5. The molecule has 3 heterocycles. The van der Waals surface area contributed by atoms with Crippen LogP contribution < -0.4 is 5.32 Å². The molecule has 0 saturated carbocycles. The van der Waals surface area contributed by atoms with Crippen LogP contribution in [0.4, 0.5) is 0 Å². The maximum absolute atomic E-state index is 5.85. The van der Waals surface area contributed by atoms with Gasteiger partial charge in [0.05, 0.1) is 24.8 Å². The van der Waals surface area contributed by atoms with E-state index in [1.807, 2.05) is 4.68 Å². The summed E-state index contributed by atoms with van der Waals surface area (Å²) in [7, 11) is 0. The zero-order valence-corrected chi connectivity index (χ0v) is 10.2. The maximum atomic E-state index is 5.85. The normalized spacial score (nSPS) is 31.2. The van der Waals surface area contributed by atoms with Crippen LogP contribution >= 0.6 is 0 Å². The van der Waals surface area contributed by atoms with Crippen LogP contribution in [-0.4, -0.2) is 39.0 Å². The first kappa shape index (κ1) is 11.1. The molecule has 3 atom stereocenters. The molecule has 0 amide bonds. The molecule has 6 nitrogen and oxygen atoms in total. The average Bonchev–Trinajstić information content (AvgIpc) is 3.04. The second-order valence-corrected chi connectivity index (χ2v) is 4.89. The van der Waals surface area contributed by atoms with E-state index in [1.165, 1.54) is 6.42 Å². The van der Waals surface area contributed by atoms with Crippen molar-refractivity contribution < 1.29 is 4.74 Å². The van der Waals surface area contributed by atoms with E-state index in [0.29, 0.717) is 18.2 Å². The third kappa shape index (κ3) is 2.07. The number of aromatic nitrogens is 4. The van der Waals surface area contributed by atoms with Crippen LogP contribution in [0, 0.1) is 0 Å². The minimum atomic E-state index is 0.327. The van der Waals surface area contributed by atoms with E-state index in [2.05, 4.69) is 27.8 Å². The Hall–Kier alpha value is -1.01. The van der Waals surface area contributed by atoms with Gasteiger partial charge in [-0.3, -0.25) is 0 Å². The van der Waals surface area contributed by atoms with Crippen LogP contribution in [0.1, 0.15) is 44.5 Å². The Morgan fingerprint density at radius 2 is 2.41 bits per heavy atom. The van der Waals surface area contributed by atoms with Gasteiger partial charge in [-0.1, -0.05) is 6.92 Å². The van der Waals surface area contributed by atoms with Gasteiger partial charge in [-0.15, -0.1) is 5.10 Å². The lowest BCUT2D eigenvalue weighted by molar-refractivity contribution is 0.0914. The van der Waals surface area contributed by atoms with Gasteiger partial charge >= 0.3 is 0 Å². The highest BCUT2D eigenvalue weighted by Crippen LogP contribution is 2.41. The molecular weight excluding hydrogens is 218 g/mol. The van der Waals surface area contributed by atoms with Gasteiger partial charge in [0.1, 0.15) is 0 Å². The van der Waals surface area contributed by atoms with Crippen LogP contribution in [0.15, 0.2) is 0 Å². The van der Waals surface area contributed by atoms with Crippen molar-refractivity contribution >= 4 is 0 Å². The van der Waals surface area contributed by atoms with Crippen molar-refractivity contribution in [2.75, 3.05) is 6.54 Å². The summed E-state index contributed by atoms with van der Waals surface area (Å²) >= 11 is 0. The third-order valence-corrected chi connectivity index (χ3v) is 3.66. The van der Waals surface area contributed by atoms with Crippen molar-refractivity contribution in [3.8, 4) is 0 Å². The predicted molar refractivity (Wildman–Crippen MR) is 61.4 cm³/mol. The van der Waals surface area contributed by atoms with E-state index >= 15 is 0 Å². The molecule has 0 spiro atoms. The number of tetrazole rings is 1. The number of ether oxygens (including phenoxy) is 1. The highest BCUT2D eigenvalue weighted by atomic mass is 16.5. The zero-order valence-electron chi connectivity index (χ0n) is 10.2. The van der Waals surface area contributed by atoms with E-state index in [4.69, 9.17) is 4.74 Å². The summed E-state index contributed by atoms with van der Waals surface area (Å²) in [6, 6.07) is 0.349. The molecule has 2 bridgehead atoms. The number of fused-ring (bicyclic) bond motifs is 2. The van der Waals surface area contributed by atoms with Crippen LogP contribution in [0.3, 0.4) is 0 Å². The second kappa shape index (κ2) is 4.70. The minimum Gasteiger partial charge on any atom is -0.373 e. The smallest absolute Gasteiger partial charge is 0.165 e. The average molecular weight is 237 g/mol. The lowest BCUT2D eigenvalue weighted by Crippen LogP contribution is -2.26. The SMILES string of the molecule is CCCNCc1nnnn1C1CC2CCC1O2. The molecule has 2 aliphatic heterocycles. The Kier molecular flexibility index (Phi) is 3.07. The van der Waals surface area contributed by atoms with Gasteiger partial charge < -0.3 is 10.1 Å². The molecular formula is C11H19N5O. The number of nitrogens with one attached hydrogen (secondary N) is 1. The molecule has 1 N–H and O–H groups in total. The lowest BCUT2D eigenvalue weighted by atomic mass is 9.95. The van der Waals surface area contributed by atoms with Crippen LogP contribution in [0.25, 0.3) is 0 Å². The fraction of sp³-hybridized carbons (Fsp3) is 0.909. The molecule has 6 heteroatoms. The highest BCUT2D eigenvalue weighted by molar-refractivity contribution is 4.96. The molecule has 17 heavy (non-hydrogen) atoms. The quantitative estimate of drug-likeness (QED) is 0.762. The first-order valence-corrected chi connectivity index (χ1v) is 6.51. The van der Waals surface area contributed by atoms with Crippen molar-refractivity contribution in [2.45, 2.75) is 57.4 Å². The standard InChI is InChI=1S/C11H19N5O/c1-2-5-12-7-11-13-14-15-16(11)9-6-8-3-4-10(9)17-8/h8-10,12H,2-7H2,1H3. The van der Waals surface area contributed by atoms with Crippen molar-refractivity contribution in [1.29, 1.82) is 0 Å². The summed E-state index contributed by atoms with van der Waals surface area (Å²) in [5.41, 5.74) is 0. The Morgan fingerprint density at radius 1 is 1.47 bits per heavy atom. The molecule has 2 aliphatic rings. The molecule has 3 unspecified atom stereocenters. The van der Waals surface area contributed by atoms with E-state index in [1.54, 1.807) is 0 Å². The van der Waals surface area contributed by atoms with E-state index in [-0.39, 0.29) is 0 Å². The Morgan fingerprint density at radius 3 is 3.12 bits per heavy atom. The van der Waals surface area contributed by atoms with Gasteiger partial charge in [-0.05, 0) is 42.7 Å². The van der Waals surface area contributed by atoms with Gasteiger partial charge in [0, 0.05) is 0 Å². The molecule has 1 aromatic heterocycles. The molecule has 0 radical (unpaired) electrons. The number of hydrogen-bond acceptors (Lipinski definition) is 5.